The van der Waals surface area contributed by atoms with Gasteiger partial charge in [-0.15, -0.1) is 0 Å². The molecule has 0 saturated carbocycles. The van der Waals surface area contributed by atoms with Gasteiger partial charge in [0.05, 0.1) is 4.90 Å². The number of anilines is 1. The van der Waals surface area contributed by atoms with E-state index in [2.05, 4.69) is 5.32 Å². The number of ether oxygens (including phenoxy) is 2. The molecule has 3 aromatic rings. The third-order valence-electron chi connectivity index (χ3n) is 5.99. The van der Waals surface area contributed by atoms with Gasteiger partial charge in [-0.05, 0) is 42.3 Å². The molecule has 0 radical (unpaired) electrons. The van der Waals surface area contributed by atoms with Crippen LogP contribution in [0.5, 0.6) is 11.5 Å². The van der Waals surface area contributed by atoms with Crippen LogP contribution in [-0.2, 0) is 21.2 Å². The Balaban J connectivity index is 1.61. The van der Waals surface area contributed by atoms with Crippen molar-refractivity contribution >= 4 is 33.6 Å². The number of primary amides is 1. The predicted molar refractivity (Wildman–Crippen MR) is 138 cm³/mol. The van der Waals surface area contributed by atoms with E-state index in [1.54, 1.807) is 55.5 Å². The van der Waals surface area contributed by atoms with E-state index in [9.17, 15) is 22.8 Å². The summed E-state index contributed by atoms with van der Waals surface area (Å²) in [6.07, 6.45) is -0.134. The van der Waals surface area contributed by atoms with Gasteiger partial charge < -0.3 is 25.4 Å². The summed E-state index contributed by atoms with van der Waals surface area (Å²) in [7, 11) is -2.73. The molecule has 0 unspecified atom stereocenters. The number of nitrogens with zero attached hydrogens (tertiary/aromatic N) is 1. The van der Waals surface area contributed by atoms with Gasteiger partial charge in [0.1, 0.15) is 6.04 Å². The molecular formula is C26H26N4O7S. The fraction of sp³-hybridized carbons (Fsp3) is 0.192. The van der Waals surface area contributed by atoms with Gasteiger partial charge in [-0.1, -0.05) is 36.4 Å². The van der Waals surface area contributed by atoms with Crippen molar-refractivity contribution in [1.82, 2.24) is 10.0 Å². The number of rotatable bonds is 8. The number of benzene rings is 3. The maximum Gasteiger partial charge on any atom is 0.329 e. The summed E-state index contributed by atoms with van der Waals surface area (Å²) in [5, 5.41) is 2.45. The molecule has 3 aromatic carbocycles. The molecule has 0 spiro atoms. The second kappa shape index (κ2) is 10.8. The minimum absolute atomic E-state index is 0.0556. The Kier molecular flexibility index (Phi) is 7.53. The first-order valence-electron chi connectivity index (χ1n) is 11.5. The Hall–Kier alpha value is -4.58. The number of aryl methyl sites for hydroxylation is 1. The largest absolute Gasteiger partial charge is 0.454 e. The molecule has 1 aliphatic rings. The summed E-state index contributed by atoms with van der Waals surface area (Å²) < 4.78 is 38.3. The van der Waals surface area contributed by atoms with Crippen molar-refractivity contribution < 1.29 is 32.3 Å². The maximum atomic E-state index is 13.6. The number of likely N-dealkylation sites (N-methyl/N-ethyl adjacent to an activating group) is 1. The van der Waals surface area contributed by atoms with Crippen molar-refractivity contribution in [2.45, 2.75) is 24.3 Å². The van der Waals surface area contributed by atoms with Gasteiger partial charge >= 0.3 is 6.03 Å². The first kappa shape index (κ1) is 26.5. The Morgan fingerprint density at radius 2 is 1.68 bits per heavy atom. The molecule has 4 amide bonds. The molecule has 0 bridgehead atoms. The highest BCUT2D eigenvalue weighted by Gasteiger charge is 2.29. The highest BCUT2D eigenvalue weighted by molar-refractivity contribution is 7.90. The number of urea groups is 1. The van der Waals surface area contributed by atoms with E-state index in [4.69, 9.17) is 15.2 Å². The zero-order chi connectivity index (χ0) is 27.4. The van der Waals surface area contributed by atoms with Crippen LogP contribution in [0.1, 0.15) is 21.5 Å². The minimum atomic E-state index is -4.23. The molecule has 11 nitrogen and oxygen atoms in total. The SMILES string of the molecule is Cc1ccccc1S(=O)(=O)NC(=O)N[C@@H](Cc1ccccc1C(N)=O)C(=O)N(C)c1ccc2c(c1)OCO2. The van der Waals surface area contributed by atoms with Gasteiger partial charge in [0, 0.05) is 30.8 Å². The van der Waals surface area contributed by atoms with Crippen LogP contribution in [0.2, 0.25) is 0 Å². The van der Waals surface area contributed by atoms with Crippen molar-refractivity contribution in [1.29, 1.82) is 0 Å². The topological polar surface area (TPSA) is 157 Å². The Morgan fingerprint density at radius 3 is 2.42 bits per heavy atom. The van der Waals surface area contributed by atoms with Gasteiger partial charge in [0.2, 0.25) is 18.6 Å². The summed E-state index contributed by atoms with van der Waals surface area (Å²) >= 11 is 0. The molecule has 1 atom stereocenters. The fourth-order valence-corrected chi connectivity index (χ4v) is 5.20. The monoisotopic (exact) mass is 538 g/mol. The van der Waals surface area contributed by atoms with Crippen LogP contribution in [0.3, 0.4) is 0 Å². The Morgan fingerprint density at radius 1 is 1.00 bits per heavy atom. The number of nitrogens with one attached hydrogen (secondary N) is 2. The van der Waals surface area contributed by atoms with E-state index in [1.807, 2.05) is 4.72 Å². The van der Waals surface area contributed by atoms with E-state index < -0.39 is 33.9 Å². The van der Waals surface area contributed by atoms with Gasteiger partial charge in [-0.2, -0.15) is 0 Å². The number of carbonyl (C=O) groups excluding carboxylic acids is 3. The third-order valence-corrected chi connectivity index (χ3v) is 7.49. The van der Waals surface area contributed by atoms with Crippen LogP contribution in [0.4, 0.5) is 10.5 Å². The molecule has 0 fully saturated rings. The summed E-state index contributed by atoms with van der Waals surface area (Å²) in [6.45, 7) is 1.65. The molecule has 0 aromatic heterocycles. The van der Waals surface area contributed by atoms with E-state index in [1.165, 1.54) is 30.1 Å². The molecule has 38 heavy (non-hydrogen) atoms. The number of fused-ring (bicyclic) bond motifs is 1. The van der Waals surface area contributed by atoms with Crippen LogP contribution in [0, 0.1) is 6.92 Å². The minimum Gasteiger partial charge on any atom is -0.454 e. The number of nitrogens with two attached hydrogens (primary N) is 1. The number of carbonyl (C=O) groups is 3. The van der Waals surface area contributed by atoms with Gasteiger partial charge in [0.25, 0.3) is 10.0 Å². The van der Waals surface area contributed by atoms with Crippen molar-refractivity contribution in [3.05, 3.63) is 83.4 Å². The van der Waals surface area contributed by atoms with Crippen LogP contribution in [-0.4, -0.2) is 46.1 Å². The lowest BCUT2D eigenvalue weighted by Gasteiger charge is -2.25. The summed E-state index contributed by atoms with van der Waals surface area (Å²) in [4.78, 5) is 39.7. The second-order valence-corrected chi connectivity index (χ2v) is 10.2. The third kappa shape index (κ3) is 5.70. The maximum absolute atomic E-state index is 13.6. The molecular weight excluding hydrogens is 512 g/mol. The van der Waals surface area contributed by atoms with E-state index in [-0.39, 0.29) is 23.7 Å². The molecule has 0 aliphatic carbocycles. The molecule has 0 saturated heterocycles. The van der Waals surface area contributed by atoms with Crippen molar-refractivity contribution in [2.75, 3.05) is 18.7 Å². The highest BCUT2D eigenvalue weighted by atomic mass is 32.2. The molecule has 1 heterocycles. The Labute approximate surface area is 219 Å². The van der Waals surface area contributed by atoms with Crippen molar-refractivity contribution in [3.8, 4) is 11.5 Å². The average molecular weight is 539 g/mol. The highest BCUT2D eigenvalue weighted by Crippen LogP contribution is 2.35. The first-order valence-corrected chi connectivity index (χ1v) is 13.0. The van der Waals surface area contributed by atoms with Crippen LogP contribution in [0.15, 0.2) is 71.6 Å². The lowest BCUT2D eigenvalue weighted by molar-refractivity contribution is -0.120. The van der Waals surface area contributed by atoms with E-state index in [0.717, 1.165) is 0 Å². The molecule has 198 valence electrons. The van der Waals surface area contributed by atoms with Crippen LogP contribution < -0.4 is 30.1 Å². The van der Waals surface area contributed by atoms with E-state index in [0.29, 0.717) is 28.3 Å². The molecule has 4 N–H and O–H groups in total. The predicted octanol–water partition coefficient (Wildman–Crippen LogP) is 2.08. The first-order chi connectivity index (χ1) is 18.1. The fourth-order valence-electron chi connectivity index (χ4n) is 4.04. The number of hydrogen-bond acceptors (Lipinski definition) is 7. The summed E-state index contributed by atoms with van der Waals surface area (Å²) in [6, 6.07) is 15.1. The zero-order valence-corrected chi connectivity index (χ0v) is 21.4. The van der Waals surface area contributed by atoms with E-state index >= 15 is 0 Å². The van der Waals surface area contributed by atoms with Gasteiger partial charge in [0.15, 0.2) is 11.5 Å². The number of hydrogen-bond donors (Lipinski definition) is 3. The normalized spacial score (nSPS) is 12.9. The lowest BCUT2D eigenvalue weighted by Crippen LogP contribution is -2.52. The average Bonchev–Trinajstić information content (AvgIpc) is 3.35. The van der Waals surface area contributed by atoms with Crippen molar-refractivity contribution in [2.24, 2.45) is 5.73 Å². The van der Waals surface area contributed by atoms with Gasteiger partial charge in [-0.25, -0.2) is 17.9 Å². The van der Waals surface area contributed by atoms with Crippen LogP contribution >= 0.6 is 0 Å². The summed E-state index contributed by atoms with van der Waals surface area (Å²) in [5.41, 5.74) is 6.96. The van der Waals surface area contributed by atoms with Crippen molar-refractivity contribution in [3.63, 3.8) is 0 Å². The molecule has 1 aliphatic heterocycles. The Bertz CT molecular complexity index is 1510. The molecule has 4 rings (SSSR count). The van der Waals surface area contributed by atoms with Gasteiger partial charge in [-0.3, -0.25) is 9.59 Å². The second-order valence-electron chi connectivity index (χ2n) is 8.56. The van der Waals surface area contributed by atoms with Crippen LogP contribution in [0.25, 0.3) is 0 Å². The zero-order valence-electron chi connectivity index (χ0n) is 20.6. The standard InChI is InChI=1S/C26H26N4O7S/c1-16-7-3-6-10-23(16)38(34,35)29-26(33)28-20(13-17-8-4-5-9-19(17)24(27)31)25(32)30(2)18-11-12-21-22(14-18)37-15-36-21/h3-12,14,20H,13,15H2,1-2H3,(H2,27,31)(H2,28,29,33)/t20-/m0/s1. The quantitative estimate of drug-likeness (QED) is 0.396. The number of amides is 4. The lowest BCUT2D eigenvalue weighted by atomic mass is 9.99. The summed E-state index contributed by atoms with van der Waals surface area (Å²) in [5.74, 6) is -0.303. The molecule has 12 heteroatoms. The number of sulfonamides is 1. The smallest absolute Gasteiger partial charge is 0.329 e.